The number of nitrogen functional groups attached to an aromatic ring is 1. The Bertz CT molecular complexity index is 568. The molecule has 19 heavy (non-hydrogen) atoms. The van der Waals surface area contributed by atoms with E-state index in [1.165, 1.54) is 23.3 Å². The van der Waals surface area contributed by atoms with Gasteiger partial charge in [-0.25, -0.2) is 4.39 Å². The summed E-state index contributed by atoms with van der Waals surface area (Å²) in [4.78, 5) is 2.18. The van der Waals surface area contributed by atoms with Crippen LogP contribution in [0.5, 0.6) is 0 Å². The standard InChI is InChI=1S/C16H17FN2/c17-14-5-6-15(18)16(11-14)19-9-7-12-3-1-2-4-13(12)8-10-19/h1-6,11H,7-10,18H2. The monoisotopic (exact) mass is 256 g/mol. The van der Waals surface area contributed by atoms with E-state index in [-0.39, 0.29) is 5.82 Å². The molecule has 0 fully saturated rings. The Morgan fingerprint density at radius 1 is 0.947 bits per heavy atom. The van der Waals surface area contributed by atoms with Crippen LogP contribution in [0.2, 0.25) is 0 Å². The van der Waals surface area contributed by atoms with Gasteiger partial charge in [0.2, 0.25) is 0 Å². The Balaban J connectivity index is 1.87. The van der Waals surface area contributed by atoms with Crippen LogP contribution in [-0.4, -0.2) is 13.1 Å². The highest BCUT2D eigenvalue weighted by Crippen LogP contribution is 2.26. The molecule has 2 aromatic rings. The number of nitrogens with zero attached hydrogens (tertiary/aromatic N) is 1. The summed E-state index contributed by atoms with van der Waals surface area (Å²) in [5.74, 6) is -0.231. The molecular weight excluding hydrogens is 239 g/mol. The second kappa shape index (κ2) is 4.92. The van der Waals surface area contributed by atoms with Gasteiger partial charge in [-0.15, -0.1) is 0 Å². The number of anilines is 2. The third-order valence-corrected chi connectivity index (χ3v) is 3.75. The average Bonchev–Trinajstić information content (AvgIpc) is 2.64. The van der Waals surface area contributed by atoms with E-state index in [0.29, 0.717) is 5.69 Å². The van der Waals surface area contributed by atoms with Gasteiger partial charge in [0.1, 0.15) is 5.82 Å². The van der Waals surface area contributed by atoms with Crippen LogP contribution in [0.15, 0.2) is 42.5 Å². The normalized spacial score (nSPS) is 14.9. The fourth-order valence-corrected chi connectivity index (χ4v) is 2.70. The summed E-state index contributed by atoms with van der Waals surface area (Å²) < 4.78 is 13.4. The van der Waals surface area contributed by atoms with Crippen LogP contribution in [0.1, 0.15) is 11.1 Å². The second-order valence-electron chi connectivity index (χ2n) is 4.96. The number of halogens is 1. The molecule has 0 atom stereocenters. The highest BCUT2D eigenvalue weighted by Gasteiger charge is 2.16. The minimum atomic E-state index is -0.231. The van der Waals surface area contributed by atoms with Gasteiger partial charge < -0.3 is 10.6 Å². The van der Waals surface area contributed by atoms with Crippen LogP contribution >= 0.6 is 0 Å². The van der Waals surface area contributed by atoms with Gasteiger partial charge >= 0.3 is 0 Å². The lowest BCUT2D eigenvalue weighted by Crippen LogP contribution is -2.26. The number of hydrogen-bond donors (Lipinski definition) is 1. The maximum Gasteiger partial charge on any atom is 0.125 e. The van der Waals surface area contributed by atoms with E-state index in [9.17, 15) is 4.39 Å². The first kappa shape index (κ1) is 12.0. The number of hydrogen-bond acceptors (Lipinski definition) is 2. The van der Waals surface area contributed by atoms with Gasteiger partial charge in [0.25, 0.3) is 0 Å². The predicted molar refractivity (Wildman–Crippen MR) is 76.9 cm³/mol. The first-order chi connectivity index (χ1) is 9.24. The molecule has 0 radical (unpaired) electrons. The zero-order chi connectivity index (χ0) is 13.2. The molecule has 0 unspecified atom stereocenters. The molecule has 2 N–H and O–H groups in total. The molecule has 0 bridgehead atoms. The third kappa shape index (κ3) is 2.41. The summed E-state index contributed by atoms with van der Waals surface area (Å²) >= 11 is 0. The Morgan fingerprint density at radius 2 is 1.58 bits per heavy atom. The van der Waals surface area contributed by atoms with Crippen molar-refractivity contribution in [1.82, 2.24) is 0 Å². The molecule has 0 saturated carbocycles. The number of benzene rings is 2. The van der Waals surface area contributed by atoms with Gasteiger partial charge in [0.05, 0.1) is 11.4 Å². The highest BCUT2D eigenvalue weighted by atomic mass is 19.1. The topological polar surface area (TPSA) is 29.3 Å². The number of nitrogens with two attached hydrogens (primary N) is 1. The van der Waals surface area contributed by atoms with Crippen molar-refractivity contribution < 1.29 is 4.39 Å². The number of rotatable bonds is 1. The Morgan fingerprint density at radius 3 is 2.21 bits per heavy atom. The zero-order valence-electron chi connectivity index (χ0n) is 10.8. The van der Waals surface area contributed by atoms with Gasteiger partial charge in [-0.3, -0.25) is 0 Å². The second-order valence-corrected chi connectivity index (χ2v) is 4.96. The van der Waals surface area contributed by atoms with E-state index in [1.54, 1.807) is 6.07 Å². The van der Waals surface area contributed by atoms with E-state index in [1.807, 2.05) is 0 Å². The van der Waals surface area contributed by atoms with Gasteiger partial charge in [-0.05, 0) is 42.2 Å². The molecule has 1 heterocycles. The molecule has 0 aliphatic carbocycles. The highest BCUT2D eigenvalue weighted by molar-refractivity contribution is 5.67. The van der Waals surface area contributed by atoms with Crippen LogP contribution in [0, 0.1) is 5.82 Å². The van der Waals surface area contributed by atoms with Gasteiger partial charge in [-0.2, -0.15) is 0 Å². The van der Waals surface area contributed by atoms with Crippen molar-refractivity contribution in [3.05, 3.63) is 59.4 Å². The lowest BCUT2D eigenvalue weighted by molar-refractivity contribution is 0.626. The Kier molecular flexibility index (Phi) is 3.11. The van der Waals surface area contributed by atoms with Crippen LogP contribution < -0.4 is 10.6 Å². The maximum absolute atomic E-state index is 13.4. The molecule has 3 heteroatoms. The molecule has 3 rings (SSSR count). The van der Waals surface area contributed by atoms with Gasteiger partial charge in [-0.1, -0.05) is 24.3 Å². The van der Waals surface area contributed by atoms with Gasteiger partial charge in [0.15, 0.2) is 0 Å². The largest absolute Gasteiger partial charge is 0.397 e. The molecule has 0 amide bonds. The van der Waals surface area contributed by atoms with Crippen molar-refractivity contribution in [3.63, 3.8) is 0 Å². The quantitative estimate of drug-likeness (QED) is 0.795. The zero-order valence-corrected chi connectivity index (χ0v) is 10.8. The smallest absolute Gasteiger partial charge is 0.125 e. The van der Waals surface area contributed by atoms with Crippen LogP contribution in [-0.2, 0) is 12.8 Å². The van der Waals surface area contributed by atoms with Crippen molar-refractivity contribution in [2.75, 3.05) is 23.7 Å². The van der Waals surface area contributed by atoms with Gasteiger partial charge in [0, 0.05) is 13.1 Å². The van der Waals surface area contributed by atoms with Crippen LogP contribution in [0.3, 0.4) is 0 Å². The lowest BCUT2D eigenvalue weighted by atomic mass is 10.0. The van der Waals surface area contributed by atoms with E-state index in [2.05, 4.69) is 29.2 Å². The lowest BCUT2D eigenvalue weighted by Gasteiger charge is -2.24. The molecular formula is C16H17FN2. The first-order valence-corrected chi connectivity index (χ1v) is 6.61. The maximum atomic E-state index is 13.4. The SMILES string of the molecule is Nc1ccc(F)cc1N1CCc2ccccc2CC1. The Labute approximate surface area is 112 Å². The Hall–Kier alpha value is -2.03. The molecule has 2 aromatic carbocycles. The average molecular weight is 256 g/mol. The molecule has 0 saturated heterocycles. The minimum absolute atomic E-state index is 0.231. The predicted octanol–water partition coefficient (Wildman–Crippen LogP) is 3.01. The van der Waals surface area contributed by atoms with E-state index in [0.717, 1.165) is 31.6 Å². The summed E-state index contributed by atoms with van der Waals surface area (Å²) in [7, 11) is 0. The summed E-state index contributed by atoms with van der Waals surface area (Å²) in [5.41, 5.74) is 10.2. The van der Waals surface area contributed by atoms with Crippen molar-refractivity contribution in [2.45, 2.75) is 12.8 Å². The number of fused-ring (bicyclic) bond motifs is 1. The van der Waals surface area contributed by atoms with Crippen molar-refractivity contribution in [3.8, 4) is 0 Å². The van der Waals surface area contributed by atoms with Crippen LogP contribution in [0.25, 0.3) is 0 Å². The molecule has 1 aliphatic heterocycles. The van der Waals surface area contributed by atoms with E-state index in [4.69, 9.17) is 5.73 Å². The molecule has 2 nitrogen and oxygen atoms in total. The molecule has 1 aliphatic rings. The minimum Gasteiger partial charge on any atom is -0.397 e. The summed E-state index contributed by atoms with van der Waals surface area (Å²) in [5, 5.41) is 0. The van der Waals surface area contributed by atoms with Crippen molar-refractivity contribution in [1.29, 1.82) is 0 Å². The van der Waals surface area contributed by atoms with E-state index >= 15 is 0 Å². The molecule has 0 aromatic heterocycles. The van der Waals surface area contributed by atoms with Crippen molar-refractivity contribution >= 4 is 11.4 Å². The summed E-state index contributed by atoms with van der Waals surface area (Å²) in [6.45, 7) is 1.76. The summed E-state index contributed by atoms with van der Waals surface area (Å²) in [6.07, 6.45) is 1.96. The fraction of sp³-hybridized carbons (Fsp3) is 0.250. The fourth-order valence-electron chi connectivity index (χ4n) is 2.70. The third-order valence-electron chi connectivity index (χ3n) is 3.75. The summed E-state index contributed by atoms with van der Waals surface area (Å²) in [6, 6.07) is 13.1. The molecule has 0 spiro atoms. The van der Waals surface area contributed by atoms with Crippen molar-refractivity contribution in [2.24, 2.45) is 0 Å². The first-order valence-electron chi connectivity index (χ1n) is 6.61. The van der Waals surface area contributed by atoms with Crippen LogP contribution in [0.4, 0.5) is 15.8 Å². The van der Waals surface area contributed by atoms with E-state index < -0.39 is 0 Å². The molecule has 98 valence electrons.